The third kappa shape index (κ3) is 4.26. The lowest BCUT2D eigenvalue weighted by Gasteiger charge is -2.52. The van der Waals surface area contributed by atoms with Crippen LogP contribution in [0.4, 0.5) is 0 Å². The van der Waals surface area contributed by atoms with Crippen LogP contribution in [0.15, 0.2) is 30.3 Å². The molecule has 0 heterocycles. The molecule has 2 aromatic carbocycles. The molecule has 6 atom stereocenters. The molecule has 5 rings (SSSR count). The highest BCUT2D eigenvalue weighted by molar-refractivity contribution is 6.32. The van der Waals surface area contributed by atoms with Crippen LogP contribution in [-0.4, -0.2) is 96.0 Å². The van der Waals surface area contributed by atoms with Crippen LogP contribution < -0.4 is 10.5 Å². The number of primary amides is 1. The molecule has 11 nitrogen and oxygen atoms in total. The van der Waals surface area contributed by atoms with Gasteiger partial charge in [-0.05, 0) is 81.8 Å². The topological polar surface area (TPSA) is 168 Å². The Kier molecular flexibility index (Phi) is 7.33. The summed E-state index contributed by atoms with van der Waals surface area (Å²) >= 11 is 0. The van der Waals surface area contributed by atoms with E-state index in [4.69, 9.17) is 10.5 Å². The monoisotopic (exact) mass is 577 g/mol. The smallest absolute Gasteiger partial charge is 0.235 e. The van der Waals surface area contributed by atoms with Gasteiger partial charge in [0.1, 0.15) is 11.5 Å². The minimum absolute atomic E-state index is 0.0171. The number of nitrogens with two attached hydrogens (primary N) is 1. The molecule has 0 bridgehead atoms. The van der Waals surface area contributed by atoms with E-state index >= 15 is 0 Å². The number of fused-ring (bicyclic) bond motifs is 3. The summed E-state index contributed by atoms with van der Waals surface area (Å²) in [5, 5.41) is 22.6. The highest BCUT2D eigenvalue weighted by Crippen LogP contribution is 2.52. The molecule has 222 valence electrons. The summed E-state index contributed by atoms with van der Waals surface area (Å²) < 4.78 is 5.64. The fraction of sp³-hybridized carbons (Fsp3) is 0.452. The summed E-state index contributed by atoms with van der Waals surface area (Å²) in [6.45, 7) is 0.649. The first-order valence-electron chi connectivity index (χ1n) is 13.8. The Morgan fingerprint density at radius 2 is 1.74 bits per heavy atom. The highest BCUT2D eigenvalue weighted by atomic mass is 16.5. The van der Waals surface area contributed by atoms with E-state index in [1.54, 1.807) is 20.2 Å². The molecule has 0 saturated heterocycles. The minimum atomic E-state index is -2.76. The Labute approximate surface area is 243 Å². The molecule has 42 heavy (non-hydrogen) atoms. The van der Waals surface area contributed by atoms with Gasteiger partial charge in [-0.25, -0.2) is 0 Å². The minimum Gasteiger partial charge on any atom is -0.507 e. The quantitative estimate of drug-likeness (QED) is 0.414. The predicted molar refractivity (Wildman–Crippen MR) is 151 cm³/mol. The van der Waals surface area contributed by atoms with Crippen molar-refractivity contribution in [2.75, 3.05) is 35.3 Å². The van der Waals surface area contributed by atoms with E-state index in [1.807, 2.05) is 37.2 Å². The van der Waals surface area contributed by atoms with Crippen molar-refractivity contribution in [2.45, 2.75) is 31.0 Å². The standard InChI is InChI=1S/C31H35N3O8/c1-33(2)13-14-6-9-21(42-5)17(10-14)16-7-8-20(35)23-18(16)11-15-12-19-25(34(3)4)27(37)24(30(32)40)29(39)31(19,41)28(38)22(15)26(23)36/h6-10,15,19,22,24-25,35,41H,11-13H2,1-5H3,(H2,32,40)/t15?,19?,22?,24?,25-,31-/m0/s1. The number of carbonyl (C=O) groups excluding carboxylic acids is 5. The number of phenols is 1. The summed E-state index contributed by atoms with van der Waals surface area (Å²) in [7, 11) is 8.53. The maximum atomic E-state index is 14.0. The molecule has 4 unspecified atom stereocenters. The van der Waals surface area contributed by atoms with Crippen LogP contribution in [0.2, 0.25) is 0 Å². The molecular weight excluding hydrogens is 542 g/mol. The van der Waals surface area contributed by atoms with Crippen LogP contribution >= 0.6 is 0 Å². The van der Waals surface area contributed by atoms with E-state index in [9.17, 15) is 34.2 Å². The summed E-state index contributed by atoms with van der Waals surface area (Å²) in [4.78, 5) is 70.4. The molecule has 2 saturated carbocycles. The number of hydrogen-bond donors (Lipinski definition) is 3. The number of carbonyl (C=O) groups is 5. The first-order chi connectivity index (χ1) is 19.7. The van der Waals surface area contributed by atoms with Crippen molar-refractivity contribution < 1.29 is 38.9 Å². The van der Waals surface area contributed by atoms with Gasteiger partial charge in [-0.3, -0.25) is 28.9 Å². The van der Waals surface area contributed by atoms with E-state index in [1.165, 1.54) is 18.1 Å². The van der Waals surface area contributed by atoms with E-state index < -0.39 is 64.4 Å². The zero-order chi connectivity index (χ0) is 30.8. The Morgan fingerprint density at radius 3 is 2.33 bits per heavy atom. The number of benzene rings is 2. The van der Waals surface area contributed by atoms with Crippen LogP contribution in [0.3, 0.4) is 0 Å². The number of nitrogens with zero attached hydrogens (tertiary/aromatic N) is 2. The Balaban J connectivity index is 1.66. The number of likely N-dealkylation sites (N-methyl/N-ethyl adjacent to an activating group) is 1. The largest absolute Gasteiger partial charge is 0.507 e. The van der Waals surface area contributed by atoms with E-state index in [2.05, 4.69) is 0 Å². The van der Waals surface area contributed by atoms with Gasteiger partial charge < -0.3 is 25.6 Å². The van der Waals surface area contributed by atoms with Gasteiger partial charge in [-0.15, -0.1) is 0 Å². The van der Waals surface area contributed by atoms with Crippen LogP contribution in [-0.2, 0) is 32.1 Å². The van der Waals surface area contributed by atoms with Crippen molar-refractivity contribution in [1.82, 2.24) is 9.80 Å². The van der Waals surface area contributed by atoms with E-state index in [0.717, 1.165) is 5.56 Å². The lowest BCUT2D eigenvalue weighted by Crippen LogP contribution is -2.74. The van der Waals surface area contributed by atoms with Crippen molar-refractivity contribution in [3.8, 4) is 22.6 Å². The van der Waals surface area contributed by atoms with Crippen LogP contribution in [0.25, 0.3) is 11.1 Å². The summed E-state index contributed by atoms with van der Waals surface area (Å²) in [5.41, 5.74) is 5.43. The predicted octanol–water partition coefficient (Wildman–Crippen LogP) is 0.604. The van der Waals surface area contributed by atoms with E-state index in [-0.39, 0.29) is 24.2 Å². The average molecular weight is 578 g/mol. The zero-order valence-corrected chi connectivity index (χ0v) is 24.2. The average Bonchev–Trinajstić information content (AvgIpc) is 2.90. The third-order valence-corrected chi connectivity index (χ3v) is 9.00. The molecule has 0 radical (unpaired) electrons. The number of rotatable bonds is 6. The summed E-state index contributed by atoms with van der Waals surface area (Å²) in [6.07, 6.45) is 0.146. The van der Waals surface area contributed by atoms with Gasteiger partial charge in [-0.2, -0.15) is 0 Å². The van der Waals surface area contributed by atoms with Gasteiger partial charge in [0, 0.05) is 18.0 Å². The second kappa shape index (κ2) is 10.4. The van der Waals surface area contributed by atoms with Gasteiger partial charge in [-0.1, -0.05) is 12.1 Å². The fourth-order valence-corrected chi connectivity index (χ4v) is 7.29. The second-order valence-corrected chi connectivity index (χ2v) is 12.0. The second-order valence-electron chi connectivity index (χ2n) is 12.0. The lowest BCUT2D eigenvalue weighted by atomic mass is 9.52. The normalized spacial score (nSPS) is 28.9. The van der Waals surface area contributed by atoms with Crippen molar-refractivity contribution >= 4 is 29.0 Å². The molecule has 0 aliphatic heterocycles. The Morgan fingerprint density at radius 1 is 1.05 bits per heavy atom. The van der Waals surface area contributed by atoms with Crippen molar-refractivity contribution in [2.24, 2.45) is 29.4 Å². The lowest BCUT2D eigenvalue weighted by molar-refractivity contribution is -0.181. The molecular formula is C31H35N3O8. The molecule has 11 heteroatoms. The van der Waals surface area contributed by atoms with Gasteiger partial charge in [0.2, 0.25) is 5.91 Å². The molecule has 2 aromatic rings. The number of methoxy groups -OCH3 is 1. The molecule has 2 fully saturated rings. The molecule has 1 amide bonds. The number of ketones is 4. The molecule has 4 N–H and O–H groups in total. The fourth-order valence-electron chi connectivity index (χ4n) is 7.29. The van der Waals surface area contributed by atoms with Crippen molar-refractivity contribution in [3.05, 3.63) is 47.0 Å². The summed E-state index contributed by atoms with van der Waals surface area (Å²) in [6, 6.07) is 7.66. The number of aromatic hydroxyl groups is 1. The van der Waals surface area contributed by atoms with Crippen LogP contribution in [0.5, 0.6) is 11.5 Å². The molecule has 3 aliphatic carbocycles. The first-order valence-corrected chi connectivity index (χ1v) is 13.8. The number of phenolic OH excluding ortho intramolecular Hbond substituents is 1. The van der Waals surface area contributed by atoms with Crippen LogP contribution in [0, 0.1) is 23.7 Å². The molecule has 3 aliphatic rings. The van der Waals surface area contributed by atoms with Crippen molar-refractivity contribution in [3.63, 3.8) is 0 Å². The maximum Gasteiger partial charge on any atom is 0.235 e. The first kappa shape index (κ1) is 29.6. The van der Waals surface area contributed by atoms with E-state index in [0.29, 0.717) is 29.0 Å². The number of amides is 1. The Bertz CT molecular complexity index is 1530. The van der Waals surface area contributed by atoms with Gasteiger partial charge in [0.15, 0.2) is 34.7 Å². The maximum absolute atomic E-state index is 14.0. The number of ether oxygens (including phenoxy) is 1. The SMILES string of the molecule is COc1ccc(CN(C)C)cc1-c1ccc(O)c2c1CC1CC3[C@H](N(C)C)C(=O)C(C(N)=O)C(=O)[C@@]3(O)C(=O)C1C2=O. The molecule has 0 aromatic heterocycles. The Hall–Kier alpha value is -3.93. The molecule has 0 spiro atoms. The van der Waals surface area contributed by atoms with Gasteiger partial charge >= 0.3 is 0 Å². The van der Waals surface area contributed by atoms with Crippen molar-refractivity contribution in [1.29, 1.82) is 0 Å². The summed E-state index contributed by atoms with van der Waals surface area (Å²) in [5.74, 6) is -10.2. The van der Waals surface area contributed by atoms with Crippen LogP contribution in [0.1, 0.15) is 27.9 Å². The number of hydrogen-bond acceptors (Lipinski definition) is 10. The zero-order valence-electron chi connectivity index (χ0n) is 24.2. The number of aliphatic hydroxyl groups is 1. The van der Waals surface area contributed by atoms with Gasteiger partial charge in [0.05, 0.1) is 24.6 Å². The number of Topliss-reactive ketones (excluding diaryl/α,β-unsaturated/α-hetero) is 4. The highest BCUT2D eigenvalue weighted by Gasteiger charge is 2.69. The van der Waals surface area contributed by atoms with Gasteiger partial charge in [0.25, 0.3) is 0 Å². The third-order valence-electron chi connectivity index (χ3n) is 9.00.